The third kappa shape index (κ3) is 14.2. The van der Waals surface area contributed by atoms with Crippen molar-refractivity contribution >= 4 is 17.8 Å². The number of benzene rings is 3. The first-order valence-corrected chi connectivity index (χ1v) is 18.7. The predicted octanol–water partition coefficient (Wildman–Crippen LogP) is 3.95. The highest BCUT2D eigenvalue weighted by molar-refractivity contribution is 6.07. The molecule has 4 atom stereocenters. The molecular formula is C42H56N2O12. The molecule has 0 radical (unpaired) electrons. The Morgan fingerprint density at radius 2 is 1.27 bits per heavy atom. The Hall–Kier alpha value is -4.57. The Morgan fingerprint density at radius 3 is 1.80 bits per heavy atom. The molecule has 0 saturated carbocycles. The lowest BCUT2D eigenvalue weighted by Gasteiger charge is -2.26. The van der Waals surface area contributed by atoms with Crippen LogP contribution < -0.4 is 20.1 Å². The van der Waals surface area contributed by atoms with E-state index >= 15 is 0 Å². The SMILES string of the molecule is COCCOCC(C)NC(=O)c1ccc(C(=O)OCC(O)COc2ccc(C(C)(C)c3ccc(OCC4CO4)cc3)cc2)c(C(=O)NC(C)COCCOC)c1. The highest BCUT2D eigenvalue weighted by Gasteiger charge is 2.26. The van der Waals surface area contributed by atoms with Gasteiger partial charge >= 0.3 is 5.97 Å². The molecule has 1 aliphatic heterocycles. The van der Waals surface area contributed by atoms with Crippen LogP contribution in [-0.4, -0.2) is 127 Å². The van der Waals surface area contributed by atoms with Crippen LogP contribution in [0.15, 0.2) is 66.7 Å². The first-order chi connectivity index (χ1) is 26.9. The second-order valence-electron chi connectivity index (χ2n) is 14.1. The zero-order valence-corrected chi connectivity index (χ0v) is 33.2. The average Bonchev–Trinajstić information content (AvgIpc) is 4.03. The number of nitrogens with one attached hydrogen (secondary N) is 2. The normalized spacial score (nSPS) is 15.3. The molecule has 0 bridgehead atoms. The van der Waals surface area contributed by atoms with Gasteiger partial charge in [-0.3, -0.25) is 9.59 Å². The molecule has 14 heteroatoms. The summed E-state index contributed by atoms with van der Waals surface area (Å²) in [6.45, 7) is 10.5. The Kier molecular flexibility index (Phi) is 17.5. The number of esters is 1. The van der Waals surface area contributed by atoms with Crippen LogP contribution in [0.3, 0.4) is 0 Å². The van der Waals surface area contributed by atoms with Crippen molar-refractivity contribution in [2.45, 2.75) is 57.4 Å². The molecule has 0 spiro atoms. The third-order valence-corrected chi connectivity index (χ3v) is 8.94. The van der Waals surface area contributed by atoms with Gasteiger partial charge in [-0.2, -0.15) is 0 Å². The number of hydrogen-bond acceptors (Lipinski definition) is 12. The van der Waals surface area contributed by atoms with Crippen molar-refractivity contribution in [1.29, 1.82) is 0 Å². The standard InChI is InChI=1S/C42H56N2O12/c1-28(22-51-19-17-49-5)43-39(46)30-7-16-37(38(21-30)40(47)44-29(2)23-52-20-18-50-6)41(48)56-25-33(45)24-53-34-12-8-31(9-13-34)42(3,4)32-10-14-35(15-11-32)54-26-36-27-55-36/h7-16,21,28-29,33,36,45H,17-20,22-27H2,1-6H3,(H,43,46)(H,44,47). The minimum atomic E-state index is -1.17. The van der Waals surface area contributed by atoms with E-state index in [-0.39, 0.29) is 54.1 Å². The molecule has 14 nitrogen and oxygen atoms in total. The van der Waals surface area contributed by atoms with Crippen LogP contribution in [0.5, 0.6) is 11.5 Å². The highest BCUT2D eigenvalue weighted by Crippen LogP contribution is 2.33. The third-order valence-electron chi connectivity index (χ3n) is 8.94. The number of methoxy groups -OCH3 is 2. The number of carbonyl (C=O) groups is 3. The molecule has 0 aliphatic carbocycles. The molecule has 56 heavy (non-hydrogen) atoms. The van der Waals surface area contributed by atoms with E-state index in [1.54, 1.807) is 28.1 Å². The smallest absolute Gasteiger partial charge is 0.339 e. The molecule has 306 valence electrons. The number of aliphatic hydroxyl groups is 1. The summed E-state index contributed by atoms with van der Waals surface area (Å²) in [5, 5.41) is 16.3. The van der Waals surface area contributed by atoms with E-state index in [0.29, 0.717) is 38.8 Å². The summed E-state index contributed by atoms with van der Waals surface area (Å²) in [7, 11) is 3.13. The van der Waals surface area contributed by atoms with Crippen molar-refractivity contribution in [3.05, 3.63) is 94.5 Å². The number of epoxide rings is 1. The van der Waals surface area contributed by atoms with E-state index in [4.69, 9.17) is 37.9 Å². The number of rotatable bonds is 25. The fourth-order valence-corrected chi connectivity index (χ4v) is 5.49. The van der Waals surface area contributed by atoms with Crippen LogP contribution in [0, 0.1) is 0 Å². The van der Waals surface area contributed by atoms with Gasteiger partial charge in [0.25, 0.3) is 11.8 Å². The number of ether oxygens (including phenoxy) is 8. The Bertz CT molecular complexity index is 1680. The van der Waals surface area contributed by atoms with Gasteiger partial charge < -0.3 is 53.6 Å². The van der Waals surface area contributed by atoms with Gasteiger partial charge in [-0.05, 0) is 67.4 Å². The molecule has 4 unspecified atom stereocenters. The summed E-state index contributed by atoms with van der Waals surface area (Å²) in [4.78, 5) is 39.8. The second kappa shape index (κ2) is 22.2. The topological polar surface area (TPSA) is 173 Å². The zero-order chi connectivity index (χ0) is 40.5. The summed E-state index contributed by atoms with van der Waals surface area (Å²) in [5.74, 6) is -0.584. The maximum atomic E-state index is 13.5. The van der Waals surface area contributed by atoms with E-state index < -0.39 is 36.5 Å². The second-order valence-corrected chi connectivity index (χ2v) is 14.1. The van der Waals surface area contributed by atoms with Gasteiger partial charge in [0.05, 0.1) is 57.4 Å². The van der Waals surface area contributed by atoms with Crippen molar-refractivity contribution in [3.8, 4) is 11.5 Å². The van der Waals surface area contributed by atoms with Crippen molar-refractivity contribution < 1.29 is 57.4 Å². The summed E-state index contributed by atoms with van der Waals surface area (Å²) < 4.78 is 43.2. The molecule has 3 aromatic rings. The monoisotopic (exact) mass is 780 g/mol. The predicted molar refractivity (Wildman–Crippen MR) is 208 cm³/mol. The summed E-state index contributed by atoms with van der Waals surface area (Å²) in [6.07, 6.45) is -0.970. The van der Waals surface area contributed by atoms with Gasteiger partial charge in [0.2, 0.25) is 0 Å². The first-order valence-electron chi connectivity index (χ1n) is 18.7. The number of carbonyl (C=O) groups excluding carboxylic acids is 3. The lowest BCUT2D eigenvalue weighted by atomic mass is 9.78. The number of hydrogen-bond donors (Lipinski definition) is 3. The molecule has 2 amide bonds. The van der Waals surface area contributed by atoms with Gasteiger partial charge in [-0.25, -0.2) is 4.79 Å². The van der Waals surface area contributed by atoms with E-state index in [1.807, 2.05) is 36.4 Å². The van der Waals surface area contributed by atoms with Crippen molar-refractivity contribution in [3.63, 3.8) is 0 Å². The van der Waals surface area contributed by atoms with Crippen LogP contribution in [-0.2, 0) is 33.8 Å². The van der Waals surface area contributed by atoms with Gasteiger partial charge in [0.15, 0.2) is 0 Å². The minimum Gasteiger partial charge on any atom is -0.491 e. The Balaban J connectivity index is 1.33. The Morgan fingerprint density at radius 1 is 0.732 bits per heavy atom. The lowest BCUT2D eigenvalue weighted by molar-refractivity contribution is 0.0129. The molecule has 3 N–H and O–H groups in total. The molecule has 1 saturated heterocycles. The van der Waals surface area contributed by atoms with Crippen LogP contribution in [0.4, 0.5) is 0 Å². The molecule has 1 aliphatic rings. The Labute approximate surface area is 329 Å². The van der Waals surface area contributed by atoms with Crippen LogP contribution in [0.25, 0.3) is 0 Å². The van der Waals surface area contributed by atoms with Gasteiger partial charge in [0.1, 0.15) is 43.5 Å². The van der Waals surface area contributed by atoms with Gasteiger partial charge in [-0.15, -0.1) is 0 Å². The largest absolute Gasteiger partial charge is 0.491 e. The summed E-state index contributed by atoms with van der Waals surface area (Å²) >= 11 is 0. The zero-order valence-electron chi connectivity index (χ0n) is 33.2. The average molecular weight is 781 g/mol. The van der Waals surface area contributed by atoms with Crippen molar-refractivity contribution in [2.75, 3.05) is 80.3 Å². The number of amides is 2. The maximum Gasteiger partial charge on any atom is 0.339 e. The van der Waals surface area contributed by atoms with E-state index in [9.17, 15) is 19.5 Å². The van der Waals surface area contributed by atoms with E-state index in [2.05, 4.69) is 36.6 Å². The van der Waals surface area contributed by atoms with Gasteiger partial charge in [-0.1, -0.05) is 38.1 Å². The number of aliphatic hydroxyl groups excluding tert-OH is 1. The quantitative estimate of drug-likeness (QED) is 0.0644. The molecule has 4 rings (SSSR count). The van der Waals surface area contributed by atoms with Crippen molar-refractivity contribution in [1.82, 2.24) is 10.6 Å². The van der Waals surface area contributed by atoms with E-state index in [1.165, 1.54) is 18.2 Å². The maximum absolute atomic E-state index is 13.5. The van der Waals surface area contributed by atoms with Crippen LogP contribution >= 0.6 is 0 Å². The molecule has 0 aromatic heterocycles. The fourth-order valence-electron chi connectivity index (χ4n) is 5.49. The molecule has 3 aromatic carbocycles. The minimum absolute atomic E-state index is 0.0721. The first kappa shape index (κ1) is 44.1. The van der Waals surface area contributed by atoms with Gasteiger partial charge in [0, 0.05) is 37.3 Å². The van der Waals surface area contributed by atoms with Crippen molar-refractivity contribution in [2.24, 2.45) is 0 Å². The molecule has 1 fully saturated rings. The van der Waals surface area contributed by atoms with Crippen LogP contribution in [0.1, 0.15) is 69.9 Å². The fraction of sp³-hybridized carbons (Fsp3) is 0.500. The molecule has 1 heterocycles. The van der Waals surface area contributed by atoms with E-state index in [0.717, 1.165) is 23.5 Å². The highest BCUT2D eigenvalue weighted by atomic mass is 16.6. The lowest BCUT2D eigenvalue weighted by Crippen LogP contribution is -2.38. The molecular weight excluding hydrogens is 724 g/mol. The van der Waals surface area contributed by atoms with Crippen LogP contribution in [0.2, 0.25) is 0 Å². The summed E-state index contributed by atoms with van der Waals surface area (Å²) in [5.41, 5.74) is 1.89. The summed E-state index contributed by atoms with van der Waals surface area (Å²) in [6, 6.07) is 19.0.